The van der Waals surface area contributed by atoms with E-state index in [1.807, 2.05) is 5.32 Å². The molecule has 190 valence electrons. The van der Waals surface area contributed by atoms with Crippen LogP contribution in [0.3, 0.4) is 0 Å². The number of oxime groups is 1. The van der Waals surface area contributed by atoms with E-state index in [0.717, 1.165) is 35.1 Å². The van der Waals surface area contributed by atoms with E-state index in [0.29, 0.717) is 0 Å². The van der Waals surface area contributed by atoms with Gasteiger partial charge in [-0.25, -0.2) is 18.2 Å². The van der Waals surface area contributed by atoms with Crippen LogP contribution in [0.15, 0.2) is 21.8 Å². The summed E-state index contributed by atoms with van der Waals surface area (Å²) in [7, 11) is -1.73. The number of sulfone groups is 1. The standard InChI is InChI=1S/C17H20N6O9S3.Na/c1-31-17(28)19-6-35(29,30)5-7-3-33-14-10(13(25)23(14)11(7)15(26)27)21-12(24)9(22-32-2)8-4-34-16(18)20-8;/h4,10,14H,3,5-6H2,1-2H3,(H2,18,20)(H,19,28)(H,21,24)(H,26,27);/q;+1/p-1/b22-9-;/t10?,14-;/m1./s1. The van der Waals surface area contributed by atoms with Crippen molar-refractivity contribution < 1.29 is 71.8 Å². The Morgan fingerprint density at radius 3 is 2.61 bits per heavy atom. The summed E-state index contributed by atoms with van der Waals surface area (Å²) in [4.78, 5) is 58.0. The molecule has 1 saturated heterocycles. The van der Waals surface area contributed by atoms with E-state index in [9.17, 15) is 32.7 Å². The van der Waals surface area contributed by atoms with Crippen LogP contribution in [-0.4, -0.2) is 90.9 Å². The summed E-state index contributed by atoms with van der Waals surface area (Å²) in [5.74, 6) is -4.96. The van der Waals surface area contributed by atoms with Crippen LogP contribution >= 0.6 is 23.1 Å². The monoisotopic (exact) mass is 570 g/mol. The Balaban J connectivity index is 0.00000456. The van der Waals surface area contributed by atoms with Crippen molar-refractivity contribution in [2.24, 2.45) is 5.16 Å². The first kappa shape index (κ1) is 29.8. The van der Waals surface area contributed by atoms with Gasteiger partial charge in [0.25, 0.3) is 11.8 Å². The number of carboxylic acid groups (broad SMARTS) is 1. The number of anilines is 1. The number of β-lactam (4-membered cyclic amide) rings is 1. The number of alkyl carbamates (subject to hydrolysis) is 1. The average Bonchev–Trinajstić information content (AvgIpc) is 3.24. The molecule has 3 amide bonds. The Morgan fingerprint density at radius 2 is 2.06 bits per heavy atom. The van der Waals surface area contributed by atoms with Gasteiger partial charge in [-0.2, -0.15) is 0 Å². The smallest absolute Gasteiger partial charge is 0.543 e. The maximum Gasteiger partial charge on any atom is 1.00 e. The predicted molar refractivity (Wildman–Crippen MR) is 121 cm³/mol. The van der Waals surface area contributed by atoms with Crippen LogP contribution in [-0.2, 0) is 33.8 Å². The minimum atomic E-state index is -3.99. The number of nitrogens with zero attached hydrogens (tertiary/aromatic N) is 3. The van der Waals surface area contributed by atoms with Crippen LogP contribution in [0.5, 0.6) is 0 Å². The molecule has 0 radical (unpaired) electrons. The third-order valence-corrected chi connectivity index (χ3v) is 8.09. The maximum absolute atomic E-state index is 12.8. The van der Waals surface area contributed by atoms with Crippen LogP contribution in [0, 0.1) is 0 Å². The fourth-order valence-electron chi connectivity index (χ4n) is 3.24. The number of aliphatic carboxylic acids is 1. The number of carboxylic acids is 1. The Morgan fingerprint density at radius 1 is 1.36 bits per heavy atom. The molecule has 1 unspecified atom stereocenters. The van der Waals surface area contributed by atoms with Crippen molar-refractivity contribution >= 4 is 67.7 Å². The summed E-state index contributed by atoms with van der Waals surface area (Å²) in [6, 6.07) is -1.13. The quantitative estimate of drug-likeness (QED) is 0.109. The minimum Gasteiger partial charge on any atom is -0.543 e. The van der Waals surface area contributed by atoms with Gasteiger partial charge >= 0.3 is 35.7 Å². The molecule has 4 N–H and O–H groups in total. The van der Waals surface area contributed by atoms with Gasteiger partial charge in [0.2, 0.25) is 0 Å². The molecule has 0 saturated carbocycles. The summed E-state index contributed by atoms with van der Waals surface area (Å²) < 4.78 is 29.0. The van der Waals surface area contributed by atoms with Crippen LogP contribution in [0.4, 0.5) is 9.93 Å². The van der Waals surface area contributed by atoms with Crippen molar-refractivity contribution in [3.05, 3.63) is 22.3 Å². The van der Waals surface area contributed by atoms with Crippen molar-refractivity contribution in [2.75, 3.05) is 37.3 Å². The van der Waals surface area contributed by atoms with Crippen molar-refractivity contribution in [3.8, 4) is 0 Å². The van der Waals surface area contributed by atoms with Gasteiger partial charge < -0.3 is 35.8 Å². The number of methoxy groups -OCH3 is 1. The molecule has 3 heterocycles. The number of fused-ring (bicyclic) bond motifs is 1. The molecule has 1 aromatic rings. The number of nitrogens with one attached hydrogen (secondary N) is 2. The normalized spacial score (nSPS) is 19.4. The number of amides is 3. The molecule has 0 spiro atoms. The second-order valence-corrected chi connectivity index (χ2v) is 11.1. The molecule has 2 aliphatic rings. The summed E-state index contributed by atoms with van der Waals surface area (Å²) in [6.45, 7) is 0. The summed E-state index contributed by atoms with van der Waals surface area (Å²) >= 11 is 2.11. The summed E-state index contributed by atoms with van der Waals surface area (Å²) in [5, 5.41) is 20.7. The number of nitrogens with two attached hydrogens (primary N) is 1. The Kier molecular flexibility index (Phi) is 10.1. The number of thiazole rings is 1. The van der Waals surface area contributed by atoms with Crippen molar-refractivity contribution in [1.82, 2.24) is 20.5 Å². The van der Waals surface area contributed by atoms with Gasteiger partial charge in [0, 0.05) is 11.1 Å². The van der Waals surface area contributed by atoms with Gasteiger partial charge in [-0.05, 0) is 5.57 Å². The number of thioether (sulfide) groups is 1. The van der Waals surface area contributed by atoms with E-state index in [2.05, 4.69) is 25.0 Å². The molecule has 19 heteroatoms. The summed E-state index contributed by atoms with van der Waals surface area (Å²) in [5.41, 5.74) is 4.78. The average molecular weight is 571 g/mol. The Bertz CT molecular complexity index is 1230. The first-order valence-electron chi connectivity index (χ1n) is 9.52. The molecule has 15 nitrogen and oxygen atoms in total. The molecule has 2 aliphatic heterocycles. The van der Waals surface area contributed by atoms with Gasteiger partial charge in [0.15, 0.2) is 20.7 Å². The van der Waals surface area contributed by atoms with Gasteiger partial charge in [-0.3, -0.25) is 14.5 Å². The van der Waals surface area contributed by atoms with E-state index in [-0.39, 0.29) is 57.4 Å². The molecule has 0 aliphatic carbocycles. The Hall–Kier alpha value is -2.38. The molecular formula is C17H19N6NaO9S3. The van der Waals surface area contributed by atoms with Crippen LogP contribution in [0.25, 0.3) is 0 Å². The fourth-order valence-corrected chi connectivity index (χ4v) is 6.47. The molecule has 0 bridgehead atoms. The minimum absolute atomic E-state index is 0. The van der Waals surface area contributed by atoms with E-state index < -0.39 is 62.5 Å². The second-order valence-electron chi connectivity index (χ2n) is 6.99. The van der Waals surface area contributed by atoms with Crippen molar-refractivity contribution in [3.63, 3.8) is 0 Å². The van der Waals surface area contributed by atoms with E-state index in [1.54, 1.807) is 0 Å². The number of hydrogen-bond acceptors (Lipinski definition) is 14. The molecule has 36 heavy (non-hydrogen) atoms. The zero-order chi connectivity index (χ0) is 25.9. The van der Waals surface area contributed by atoms with Crippen molar-refractivity contribution in [1.29, 1.82) is 0 Å². The first-order chi connectivity index (χ1) is 16.5. The number of carbonyl (C=O) groups is 4. The van der Waals surface area contributed by atoms with Crippen LogP contribution in [0.1, 0.15) is 5.69 Å². The summed E-state index contributed by atoms with van der Waals surface area (Å²) in [6.07, 6.45) is -0.978. The largest absolute Gasteiger partial charge is 1.00 e. The number of carbonyl (C=O) groups excluding carboxylic acids is 4. The number of rotatable bonds is 9. The van der Waals surface area contributed by atoms with E-state index in [1.165, 1.54) is 12.5 Å². The maximum atomic E-state index is 12.8. The van der Waals surface area contributed by atoms with Crippen LogP contribution < -0.4 is 51.0 Å². The third-order valence-electron chi connectivity index (χ3n) is 4.71. The van der Waals surface area contributed by atoms with Crippen LogP contribution in [0.2, 0.25) is 0 Å². The van der Waals surface area contributed by atoms with E-state index in [4.69, 9.17) is 5.73 Å². The number of ether oxygens (including phenoxy) is 1. The molecule has 1 aromatic heterocycles. The predicted octanol–water partition coefficient (Wildman–Crippen LogP) is -5.79. The number of aromatic nitrogens is 1. The number of hydrogen-bond donors (Lipinski definition) is 3. The van der Waals surface area contributed by atoms with Gasteiger partial charge in [-0.15, -0.1) is 23.1 Å². The Labute approximate surface area is 235 Å². The fraction of sp³-hybridized carbons (Fsp3) is 0.412. The SMILES string of the molecule is CO/N=C(\C(=O)NC1C(=O)N2C(C(=O)[O-])=C(CS(=O)(=O)CNC(=O)OC)CS[C@H]12)c1csc(N)n1.[Na+]. The van der Waals surface area contributed by atoms with Crippen molar-refractivity contribution in [2.45, 2.75) is 11.4 Å². The molecule has 0 aromatic carbocycles. The second kappa shape index (κ2) is 12.2. The molecule has 1 fully saturated rings. The zero-order valence-corrected chi connectivity index (χ0v) is 23.6. The van der Waals surface area contributed by atoms with Gasteiger partial charge in [-0.1, -0.05) is 5.16 Å². The molecule has 2 atom stereocenters. The van der Waals surface area contributed by atoms with Gasteiger partial charge in [0.05, 0.1) is 24.5 Å². The third kappa shape index (κ3) is 6.48. The van der Waals surface area contributed by atoms with Gasteiger partial charge in [0.1, 0.15) is 30.1 Å². The molecule has 3 rings (SSSR count). The zero-order valence-electron chi connectivity index (χ0n) is 19.2. The topological polar surface area (TPSA) is 223 Å². The molecular weight excluding hydrogens is 551 g/mol. The number of nitrogen functional groups attached to an aromatic ring is 1. The first-order valence-corrected chi connectivity index (χ1v) is 13.3. The van der Waals surface area contributed by atoms with E-state index >= 15 is 0 Å².